The summed E-state index contributed by atoms with van der Waals surface area (Å²) in [5, 5.41) is 7.60. The van der Waals surface area contributed by atoms with Crippen molar-refractivity contribution in [3.8, 4) is 0 Å². The lowest BCUT2D eigenvalue weighted by atomic mass is 10.2. The van der Waals surface area contributed by atoms with Crippen LogP contribution >= 0.6 is 23.2 Å². The molecule has 0 spiro atoms. The lowest BCUT2D eigenvalue weighted by Gasteiger charge is -2.07. The van der Waals surface area contributed by atoms with E-state index in [9.17, 15) is 4.79 Å². The van der Waals surface area contributed by atoms with Crippen molar-refractivity contribution in [1.82, 2.24) is 10.4 Å². The smallest absolute Gasteiger partial charge is 0.259 e. The number of nitrogens with zero attached hydrogens (tertiary/aromatic N) is 2. The maximum Gasteiger partial charge on any atom is 0.259 e. The Labute approximate surface area is 138 Å². The number of rotatable bonds is 5. The highest BCUT2D eigenvalue weighted by Crippen LogP contribution is 2.20. The quantitative estimate of drug-likeness (QED) is 0.650. The first kappa shape index (κ1) is 16.3. The van der Waals surface area contributed by atoms with E-state index in [2.05, 4.69) is 20.8 Å². The number of halogens is 2. The molecule has 0 saturated carbocycles. The molecule has 0 aliphatic carbocycles. The van der Waals surface area contributed by atoms with Gasteiger partial charge in [0.05, 0.1) is 22.8 Å². The van der Waals surface area contributed by atoms with Gasteiger partial charge >= 0.3 is 0 Å². The molecule has 5 nitrogen and oxygen atoms in total. The van der Waals surface area contributed by atoms with Crippen molar-refractivity contribution in [1.29, 1.82) is 0 Å². The summed E-state index contributed by atoms with van der Waals surface area (Å²) in [4.78, 5) is 15.6. The van der Waals surface area contributed by atoms with Gasteiger partial charge in [-0.2, -0.15) is 5.10 Å². The molecule has 0 aliphatic rings. The van der Waals surface area contributed by atoms with Gasteiger partial charge in [0.25, 0.3) is 5.91 Å². The summed E-state index contributed by atoms with van der Waals surface area (Å²) in [5.41, 5.74) is 4.88. The number of hydrogen-bond acceptors (Lipinski definition) is 4. The number of anilines is 1. The van der Waals surface area contributed by atoms with E-state index < -0.39 is 0 Å². The van der Waals surface area contributed by atoms with Crippen molar-refractivity contribution in [2.75, 3.05) is 11.9 Å². The van der Waals surface area contributed by atoms with Crippen LogP contribution in [0.4, 0.5) is 5.69 Å². The van der Waals surface area contributed by atoms with Crippen LogP contribution in [-0.2, 0) is 4.79 Å². The summed E-state index contributed by atoms with van der Waals surface area (Å²) < 4.78 is 0. The molecule has 114 valence electrons. The fourth-order valence-corrected chi connectivity index (χ4v) is 2.16. The van der Waals surface area contributed by atoms with Gasteiger partial charge in [-0.25, -0.2) is 5.43 Å². The van der Waals surface area contributed by atoms with Crippen LogP contribution in [0.5, 0.6) is 0 Å². The molecule has 1 aromatic heterocycles. The average molecular weight is 337 g/mol. The minimum atomic E-state index is -0.277. The normalized spacial score (nSPS) is 10.7. The molecule has 7 heteroatoms. The Balaban J connectivity index is 1.88. The van der Waals surface area contributed by atoms with E-state index in [1.165, 1.54) is 18.6 Å². The zero-order chi connectivity index (χ0) is 15.9. The van der Waals surface area contributed by atoms with Crippen LogP contribution < -0.4 is 10.7 Å². The highest BCUT2D eigenvalue weighted by molar-refractivity contribution is 6.38. The molecule has 0 saturated heterocycles. The zero-order valence-electron chi connectivity index (χ0n) is 11.8. The van der Waals surface area contributed by atoms with Gasteiger partial charge in [-0.1, -0.05) is 41.4 Å². The third-order valence-electron chi connectivity index (χ3n) is 2.86. The Morgan fingerprint density at radius 2 is 1.95 bits per heavy atom. The van der Waals surface area contributed by atoms with Gasteiger partial charge in [-0.15, -0.1) is 0 Å². The van der Waals surface area contributed by atoms with Crippen LogP contribution in [0.3, 0.4) is 0 Å². The van der Waals surface area contributed by atoms with Gasteiger partial charge in [0.2, 0.25) is 0 Å². The van der Waals surface area contributed by atoms with E-state index in [4.69, 9.17) is 23.2 Å². The van der Waals surface area contributed by atoms with Crippen LogP contribution in [0.2, 0.25) is 10.0 Å². The number of para-hydroxylation sites is 1. The van der Waals surface area contributed by atoms with Gasteiger partial charge in [0.1, 0.15) is 0 Å². The number of hydrogen-bond donors (Lipinski definition) is 2. The van der Waals surface area contributed by atoms with Gasteiger partial charge in [0.15, 0.2) is 0 Å². The molecule has 1 aromatic carbocycles. The number of benzene rings is 1. The molecule has 0 radical (unpaired) electrons. The number of carbonyl (C=O) groups excluding carboxylic acids is 1. The Morgan fingerprint density at radius 1 is 1.27 bits per heavy atom. The number of hydrazone groups is 1. The third kappa shape index (κ3) is 4.44. The first-order valence-corrected chi connectivity index (χ1v) is 7.24. The number of aromatic nitrogens is 1. The molecule has 2 N–H and O–H groups in total. The van der Waals surface area contributed by atoms with Crippen molar-refractivity contribution in [2.45, 2.75) is 6.92 Å². The Bertz CT molecular complexity index is 683. The monoisotopic (exact) mass is 336 g/mol. The number of pyridine rings is 1. The Kier molecular flexibility index (Phi) is 5.75. The molecule has 0 fully saturated rings. The standard InChI is InChI=1S/C15H14Cl2N4O/c1-10-4-2-3-5-14(10)19-9-15(22)21-20-6-11-12(16)7-18-8-13(11)17/h2-8,19H,9H2,1H3,(H,21,22). The number of aryl methyl sites for hydroxylation is 1. The molecule has 22 heavy (non-hydrogen) atoms. The molecule has 0 aliphatic heterocycles. The van der Waals surface area contributed by atoms with E-state index in [1.54, 1.807) is 0 Å². The third-order valence-corrected chi connectivity index (χ3v) is 3.46. The number of carbonyl (C=O) groups is 1. The largest absolute Gasteiger partial charge is 0.376 e. The van der Waals surface area contributed by atoms with Crippen LogP contribution in [0.25, 0.3) is 0 Å². The highest BCUT2D eigenvalue weighted by Gasteiger charge is 2.04. The average Bonchev–Trinajstić information content (AvgIpc) is 2.49. The molecular weight excluding hydrogens is 323 g/mol. The molecule has 2 rings (SSSR count). The fourth-order valence-electron chi connectivity index (χ4n) is 1.70. The van der Waals surface area contributed by atoms with Crippen molar-refractivity contribution in [3.05, 3.63) is 57.8 Å². The Morgan fingerprint density at radius 3 is 2.64 bits per heavy atom. The summed E-state index contributed by atoms with van der Waals surface area (Å²) in [7, 11) is 0. The Hall–Kier alpha value is -2.11. The van der Waals surface area contributed by atoms with E-state index in [-0.39, 0.29) is 12.5 Å². The highest BCUT2D eigenvalue weighted by atomic mass is 35.5. The maximum absolute atomic E-state index is 11.7. The minimum absolute atomic E-state index is 0.111. The van der Waals surface area contributed by atoms with E-state index in [0.717, 1.165) is 11.3 Å². The number of nitrogens with one attached hydrogen (secondary N) is 2. The van der Waals surface area contributed by atoms with Gasteiger partial charge in [-0.3, -0.25) is 9.78 Å². The minimum Gasteiger partial charge on any atom is -0.376 e. The zero-order valence-corrected chi connectivity index (χ0v) is 13.3. The van der Waals surface area contributed by atoms with Crippen molar-refractivity contribution < 1.29 is 4.79 Å². The van der Waals surface area contributed by atoms with Gasteiger partial charge < -0.3 is 5.32 Å². The predicted octanol–water partition coefficient (Wildman–Crippen LogP) is 3.26. The second-order valence-electron chi connectivity index (χ2n) is 4.48. The van der Waals surface area contributed by atoms with E-state index in [1.807, 2.05) is 31.2 Å². The summed E-state index contributed by atoms with van der Waals surface area (Å²) in [6, 6.07) is 7.71. The predicted molar refractivity (Wildman–Crippen MR) is 89.7 cm³/mol. The summed E-state index contributed by atoms with van der Waals surface area (Å²) in [5.74, 6) is -0.277. The van der Waals surface area contributed by atoms with Crippen LogP contribution in [0, 0.1) is 6.92 Å². The molecule has 2 aromatic rings. The first-order valence-electron chi connectivity index (χ1n) is 6.48. The maximum atomic E-state index is 11.7. The molecular formula is C15H14Cl2N4O. The van der Waals surface area contributed by atoms with Crippen molar-refractivity contribution >= 4 is 41.0 Å². The molecule has 0 atom stereocenters. The first-order chi connectivity index (χ1) is 10.6. The molecule has 0 unspecified atom stereocenters. The summed E-state index contributed by atoms with van der Waals surface area (Å²) >= 11 is 11.9. The molecule has 1 amide bonds. The molecule has 0 bridgehead atoms. The second-order valence-corrected chi connectivity index (χ2v) is 5.29. The summed E-state index contributed by atoms with van der Waals surface area (Å²) in [6.45, 7) is 2.08. The SMILES string of the molecule is Cc1ccccc1NCC(=O)NN=Cc1c(Cl)cncc1Cl. The van der Waals surface area contributed by atoms with Crippen LogP contribution in [0.15, 0.2) is 41.8 Å². The van der Waals surface area contributed by atoms with Crippen molar-refractivity contribution in [3.63, 3.8) is 0 Å². The lowest BCUT2D eigenvalue weighted by molar-refractivity contribution is -0.119. The lowest BCUT2D eigenvalue weighted by Crippen LogP contribution is -2.26. The van der Waals surface area contributed by atoms with Gasteiger partial charge in [0, 0.05) is 23.6 Å². The number of amides is 1. The van der Waals surface area contributed by atoms with Crippen molar-refractivity contribution in [2.24, 2.45) is 5.10 Å². The van der Waals surface area contributed by atoms with Gasteiger partial charge in [-0.05, 0) is 18.6 Å². The van der Waals surface area contributed by atoms with E-state index in [0.29, 0.717) is 15.6 Å². The van der Waals surface area contributed by atoms with Crippen LogP contribution in [0.1, 0.15) is 11.1 Å². The topological polar surface area (TPSA) is 66.4 Å². The van der Waals surface area contributed by atoms with Crippen LogP contribution in [-0.4, -0.2) is 23.7 Å². The fraction of sp³-hybridized carbons (Fsp3) is 0.133. The summed E-state index contributed by atoms with van der Waals surface area (Å²) in [6.07, 6.45) is 4.30. The van der Waals surface area contributed by atoms with E-state index >= 15 is 0 Å². The molecule has 1 heterocycles. The second kappa shape index (κ2) is 7.77.